The summed E-state index contributed by atoms with van der Waals surface area (Å²) >= 11 is 0. The molecule has 1 aliphatic heterocycles. The summed E-state index contributed by atoms with van der Waals surface area (Å²) in [6.45, 7) is 1.69. The minimum absolute atomic E-state index is 0.0478. The van der Waals surface area contributed by atoms with Gasteiger partial charge in [-0.25, -0.2) is 31.6 Å². The minimum atomic E-state index is -4.18. The maximum absolute atomic E-state index is 13.6. The lowest BCUT2D eigenvalue weighted by Crippen LogP contribution is -2.40. The van der Waals surface area contributed by atoms with E-state index in [0.29, 0.717) is 5.82 Å². The van der Waals surface area contributed by atoms with Gasteiger partial charge in [-0.15, -0.1) is 0 Å². The molecule has 0 unspecified atom stereocenters. The molecule has 0 bridgehead atoms. The quantitative estimate of drug-likeness (QED) is 0.668. The molecule has 11 heteroatoms. The van der Waals surface area contributed by atoms with Crippen LogP contribution in [0.5, 0.6) is 0 Å². The Labute approximate surface area is 164 Å². The summed E-state index contributed by atoms with van der Waals surface area (Å²) in [7, 11) is -4.18. The van der Waals surface area contributed by atoms with Crippen molar-refractivity contribution in [3.05, 3.63) is 35.9 Å². The van der Waals surface area contributed by atoms with Crippen molar-refractivity contribution in [2.45, 2.75) is 35.5 Å². The van der Waals surface area contributed by atoms with Crippen molar-refractivity contribution in [1.82, 2.24) is 15.0 Å². The fourth-order valence-corrected chi connectivity index (χ4v) is 4.96. The first kappa shape index (κ1) is 19.5. The molecule has 0 spiro atoms. The van der Waals surface area contributed by atoms with Crippen molar-refractivity contribution in [1.29, 1.82) is 0 Å². The molecule has 0 saturated carbocycles. The number of hydrogen-bond donors (Lipinski definition) is 2. The number of aromatic nitrogens is 3. The standard InChI is InChI=1S/C18H18F3N5O2S/c1-10-23-13-14(17(24-10)26-7-5-18(20,21)6-8-26)25-16(22)15(13)29(27,28)12-4-2-3-11(19)9-12/h2-4,9,25H,5-8,22H2,1H3. The Morgan fingerprint density at radius 1 is 1.21 bits per heavy atom. The van der Waals surface area contributed by atoms with Crippen LogP contribution in [-0.4, -0.2) is 42.4 Å². The van der Waals surface area contributed by atoms with E-state index in [-0.39, 0.29) is 58.4 Å². The molecule has 3 heterocycles. The number of nitrogens with two attached hydrogens (primary N) is 1. The zero-order valence-corrected chi connectivity index (χ0v) is 16.2. The Morgan fingerprint density at radius 3 is 2.55 bits per heavy atom. The molecule has 1 aliphatic rings. The second-order valence-corrected chi connectivity index (χ2v) is 8.88. The Bertz CT molecular complexity index is 1200. The fraction of sp³-hybridized carbons (Fsp3) is 0.333. The highest BCUT2D eigenvalue weighted by atomic mass is 32.2. The van der Waals surface area contributed by atoms with Gasteiger partial charge in [-0.3, -0.25) is 0 Å². The van der Waals surface area contributed by atoms with E-state index in [9.17, 15) is 21.6 Å². The minimum Gasteiger partial charge on any atom is -0.384 e. The predicted molar refractivity (Wildman–Crippen MR) is 101 cm³/mol. The van der Waals surface area contributed by atoms with Crippen LogP contribution < -0.4 is 10.6 Å². The topological polar surface area (TPSA) is 105 Å². The number of nitrogen functional groups attached to an aromatic ring is 1. The molecular formula is C18H18F3N5O2S. The van der Waals surface area contributed by atoms with Gasteiger partial charge in [0.2, 0.25) is 9.84 Å². The highest BCUT2D eigenvalue weighted by Gasteiger charge is 2.36. The van der Waals surface area contributed by atoms with Gasteiger partial charge >= 0.3 is 0 Å². The largest absolute Gasteiger partial charge is 0.384 e. The van der Waals surface area contributed by atoms with Gasteiger partial charge in [0.25, 0.3) is 5.92 Å². The average molecular weight is 425 g/mol. The highest BCUT2D eigenvalue weighted by molar-refractivity contribution is 7.92. The lowest BCUT2D eigenvalue weighted by atomic mass is 10.1. The molecule has 0 radical (unpaired) electrons. The molecule has 0 atom stereocenters. The van der Waals surface area contributed by atoms with Crippen LogP contribution in [0.15, 0.2) is 34.1 Å². The number of halogens is 3. The van der Waals surface area contributed by atoms with Crippen LogP contribution in [0.3, 0.4) is 0 Å². The van der Waals surface area contributed by atoms with Crippen LogP contribution in [0.25, 0.3) is 11.0 Å². The van der Waals surface area contributed by atoms with Gasteiger partial charge in [-0.05, 0) is 25.1 Å². The zero-order chi connectivity index (χ0) is 21.0. The Hall–Kier alpha value is -2.82. The summed E-state index contributed by atoms with van der Waals surface area (Å²) in [6.07, 6.45) is -0.662. The summed E-state index contributed by atoms with van der Waals surface area (Å²) in [5, 5.41) is 0. The van der Waals surface area contributed by atoms with Gasteiger partial charge in [-0.1, -0.05) is 6.07 Å². The van der Waals surface area contributed by atoms with Crippen molar-refractivity contribution in [3.63, 3.8) is 0 Å². The first-order valence-electron chi connectivity index (χ1n) is 8.88. The molecule has 0 amide bonds. The van der Waals surface area contributed by atoms with Crippen molar-refractivity contribution >= 4 is 32.5 Å². The third-order valence-electron chi connectivity index (χ3n) is 4.89. The zero-order valence-electron chi connectivity index (χ0n) is 15.4. The monoisotopic (exact) mass is 425 g/mol. The van der Waals surface area contributed by atoms with Crippen LogP contribution in [0, 0.1) is 12.7 Å². The Morgan fingerprint density at radius 2 is 1.90 bits per heavy atom. The van der Waals surface area contributed by atoms with Crippen LogP contribution >= 0.6 is 0 Å². The summed E-state index contributed by atoms with van der Waals surface area (Å²) < 4.78 is 66.9. The second kappa shape index (κ2) is 6.61. The number of sulfone groups is 1. The summed E-state index contributed by atoms with van der Waals surface area (Å²) in [5.74, 6) is -3.04. The predicted octanol–water partition coefficient (Wildman–Crippen LogP) is 3.06. The molecule has 4 rings (SSSR count). The number of piperidine rings is 1. The van der Waals surface area contributed by atoms with Crippen molar-refractivity contribution in [2.24, 2.45) is 0 Å². The van der Waals surface area contributed by atoms with E-state index in [1.807, 2.05) is 0 Å². The molecule has 3 N–H and O–H groups in total. The van der Waals surface area contributed by atoms with Gasteiger partial charge in [0.15, 0.2) is 5.82 Å². The number of anilines is 2. The molecule has 2 aromatic heterocycles. The van der Waals surface area contributed by atoms with Crippen LogP contribution in [-0.2, 0) is 9.84 Å². The number of H-pyrrole nitrogens is 1. The number of aryl methyl sites for hydroxylation is 1. The summed E-state index contributed by atoms with van der Waals surface area (Å²) in [6, 6.07) is 4.58. The van der Waals surface area contributed by atoms with Crippen LogP contribution in [0.1, 0.15) is 18.7 Å². The third-order valence-corrected chi connectivity index (χ3v) is 6.72. The van der Waals surface area contributed by atoms with Gasteiger partial charge in [0, 0.05) is 25.9 Å². The lowest BCUT2D eigenvalue weighted by Gasteiger charge is -2.32. The van der Waals surface area contributed by atoms with Crippen molar-refractivity contribution in [2.75, 3.05) is 23.7 Å². The van der Waals surface area contributed by atoms with Gasteiger partial charge in [0.05, 0.1) is 4.90 Å². The van der Waals surface area contributed by atoms with E-state index in [1.54, 1.807) is 11.8 Å². The molecule has 154 valence electrons. The number of alkyl halides is 2. The van der Waals surface area contributed by atoms with E-state index in [4.69, 9.17) is 5.73 Å². The molecule has 3 aromatic rings. The molecule has 29 heavy (non-hydrogen) atoms. The summed E-state index contributed by atoms with van der Waals surface area (Å²) in [5.41, 5.74) is 6.26. The van der Waals surface area contributed by atoms with Gasteiger partial charge in [-0.2, -0.15) is 0 Å². The normalized spacial score (nSPS) is 17.0. The highest BCUT2D eigenvalue weighted by Crippen LogP contribution is 2.37. The number of nitrogens with one attached hydrogen (secondary N) is 1. The fourth-order valence-electron chi connectivity index (χ4n) is 3.45. The van der Waals surface area contributed by atoms with Crippen LogP contribution in [0.2, 0.25) is 0 Å². The third kappa shape index (κ3) is 3.39. The number of nitrogens with zero attached hydrogens (tertiary/aromatic N) is 3. The number of hydrogen-bond acceptors (Lipinski definition) is 6. The molecule has 7 nitrogen and oxygen atoms in total. The smallest absolute Gasteiger partial charge is 0.251 e. The van der Waals surface area contributed by atoms with E-state index >= 15 is 0 Å². The summed E-state index contributed by atoms with van der Waals surface area (Å²) in [4.78, 5) is 12.4. The van der Waals surface area contributed by atoms with E-state index in [1.165, 1.54) is 12.1 Å². The molecular weight excluding hydrogens is 407 g/mol. The first-order chi connectivity index (χ1) is 13.6. The van der Waals surface area contributed by atoms with Crippen molar-refractivity contribution in [3.8, 4) is 0 Å². The second-order valence-electron chi connectivity index (χ2n) is 6.99. The maximum atomic E-state index is 13.6. The van der Waals surface area contributed by atoms with Gasteiger partial charge in [0.1, 0.15) is 33.4 Å². The maximum Gasteiger partial charge on any atom is 0.251 e. The molecule has 1 saturated heterocycles. The SMILES string of the molecule is Cc1nc(N2CCC(F)(F)CC2)c2[nH]c(N)c(S(=O)(=O)c3cccc(F)c3)c2n1. The molecule has 1 fully saturated rings. The van der Waals surface area contributed by atoms with Crippen LogP contribution in [0.4, 0.5) is 24.8 Å². The molecule has 0 aliphatic carbocycles. The lowest BCUT2D eigenvalue weighted by molar-refractivity contribution is -0.0221. The van der Waals surface area contributed by atoms with E-state index < -0.39 is 21.6 Å². The number of benzene rings is 1. The number of rotatable bonds is 3. The average Bonchev–Trinajstić information content (AvgIpc) is 2.97. The number of fused-ring (bicyclic) bond motifs is 1. The first-order valence-corrected chi connectivity index (χ1v) is 10.4. The Balaban J connectivity index is 1.88. The van der Waals surface area contributed by atoms with E-state index in [2.05, 4.69) is 15.0 Å². The van der Waals surface area contributed by atoms with Crippen molar-refractivity contribution < 1.29 is 21.6 Å². The number of aromatic amines is 1. The van der Waals surface area contributed by atoms with Gasteiger partial charge < -0.3 is 15.6 Å². The van der Waals surface area contributed by atoms with E-state index in [0.717, 1.165) is 12.1 Å². The Kier molecular flexibility index (Phi) is 4.45. The molecule has 1 aromatic carbocycles.